The minimum absolute atomic E-state index is 0.0183. The molecule has 6 nitrogen and oxygen atoms in total. The molecule has 132 valence electrons. The molecule has 0 saturated heterocycles. The molecule has 0 amide bonds. The van der Waals surface area contributed by atoms with E-state index in [-0.39, 0.29) is 35.6 Å². The number of carbonyl (C=O) groups excluding carboxylic acids is 1. The van der Waals surface area contributed by atoms with Crippen LogP contribution in [-0.2, 0) is 9.47 Å². The van der Waals surface area contributed by atoms with Crippen LogP contribution in [0, 0.1) is 0 Å². The molecule has 2 aromatic rings. The highest BCUT2D eigenvalue weighted by molar-refractivity contribution is 6.12. The summed E-state index contributed by atoms with van der Waals surface area (Å²) in [6.45, 7) is 1.60. The molecule has 0 saturated carbocycles. The van der Waals surface area contributed by atoms with E-state index in [1.165, 1.54) is 20.3 Å². The lowest BCUT2D eigenvalue weighted by Crippen LogP contribution is -2.14. The Morgan fingerprint density at radius 1 is 1.08 bits per heavy atom. The highest BCUT2D eigenvalue weighted by atomic mass is 16.7. The Balaban J connectivity index is 2.66. The second-order valence-corrected chi connectivity index (χ2v) is 5.37. The first-order chi connectivity index (χ1) is 12.0. The third-order valence-electron chi connectivity index (χ3n) is 3.77. The van der Waals surface area contributed by atoms with Crippen LogP contribution in [0.5, 0.6) is 5.75 Å². The quantitative estimate of drug-likeness (QED) is 0.584. The van der Waals surface area contributed by atoms with Gasteiger partial charge in [0.05, 0.1) is 11.7 Å². The summed E-state index contributed by atoms with van der Waals surface area (Å²) in [6.07, 6.45) is -0.378. The molecule has 1 N–H and O–H groups in total. The molecule has 25 heavy (non-hydrogen) atoms. The van der Waals surface area contributed by atoms with E-state index in [1.807, 2.05) is 0 Å². The summed E-state index contributed by atoms with van der Waals surface area (Å²) in [5, 5.41) is 9.55. The average Bonchev–Trinajstić information content (AvgIpc) is 2.65. The lowest BCUT2D eigenvalue weighted by molar-refractivity contribution is 0.0475. The molecular formula is C19H20O6. The lowest BCUT2D eigenvalue weighted by Gasteiger charge is -2.17. The Hall–Kier alpha value is -2.70. The minimum atomic E-state index is -1.20. The van der Waals surface area contributed by atoms with Gasteiger partial charge in [-0.15, -0.1) is 0 Å². The zero-order valence-electron chi connectivity index (χ0n) is 14.3. The third-order valence-corrected chi connectivity index (χ3v) is 3.77. The Morgan fingerprint density at radius 3 is 2.28 bits per heavy atom. The van der Waals surface area contributed by atoms with Gasteiger partial charge in [0, 0.05) is 19.8 Å². The number of ketones is 1. The maximum absolute atomic E-state index is 12.9. The van der Waals surface area contributed by atoms with Crippen LogP contribution in [-0.4, -0.2) is 37.9 Å². The van der Waals surface area contributed by atoms with Crippen molar-refractivity contribution in [3.05, 3.63) is 64.7 Å². The molecule has 6 heteroatoms. The maximum atomic E-state index is 12.9. The number of aromatic carboxylic acids is 1. The molecule has 0 aliphatic carbocycles. The van der Waals surface area contributed by atoms with Gasteiger partial charge in [0.2, 0.25) is 0 Å². The molecule has 2 rings (SSSR count). The summed E-state index contributed by atoms with van der Waals surface area (Å²) in [5.41, 5.74) is 1.05. The zero-order valence-corrected chi connectivity index (χ0v) is 14.3. The van der Waals surface area contributed by atoms with Crippen molar-refractivity contribution in [3.63, 3.8) is 0 Å². The van der Waals surface area contributed by atoms with Crippen molar-refractivity contribution in [1.82, 2.24) is 0 Å². The first kappa shape index (κ1) is 18.6. The highest BCUT2D eigenvalue weighted by Crippen LogP contribution is 2.31. The molecular weight excluding hydrogens is 324 g/mol. The minimum Gasteiger partial charge on any atom is -0.478 e. The van der Waals surface area contributed by atoms with E-state index >= 15 is 0 Å². The number of carboxylic acid groups (broad SMARTS) is 1. The van der Waals surface area contributed by atoms with Crippen LogP contribution < -0.4 is 4.74 Å². The van der Waals surface area contributed by atoms with Gasteiger partial charge in [-0.25, -0.2) is 4.79 Å². The molecule has 0 heterocycles. The van der Waals surface area contributed by atoms with E-state index in [1.54, 1.807) is 43.3 Å². The summed E-state index contributed by atoms with van der Waals surface area (Å²) >= 11 is 0. The van der Waals surface area contributed by atoms with Crippen molar-refractivity contribution in [2.45, 2.75) is 13.0 Å². The monoisotopic (exact) mass is 344 g/mol. The number of benzene rings is 2. The average molecular weight is 344 g/mol. The van der Waals surface area contributed by atoms with Crippen molar-refractivity contribution >= 4 is 11.8 Å². The van der Waals surface area contributed by atoms with Crippen molar-refractivity contribution in [2.24, 2.45) is 0 Å². The molecule has 0 aliphatic heterocycles. The lowest BCUT2D eigenvalue weighted by atomic mass is 9.95. The normalized spacial score (nSPS) is 11.8. The van der Waals surface area contributed by atoms with Gasteiger partial charge in [-0.05, 0) is 24.6 Å². The Labute approximate surface area is 146 Å². The van der Waals surface area contributed by atoms with Crippen molar-refractivity contribution in [2.75, 3.05) is 21.0 Å². The topological polar surface area (TPSA) is 82.1 Å². The zero-order chi connectivity index (χ0) is 18.4. The van der Waals surface area contributed by atoms with Gasteiger partial charge in [-0.2, -0.15) is 0 Å². The molecule has 0 bridgehead atoms. The van der Waals surface area contributed by atoms with Gasteiger partial charge >= 0.3 is 5.97 Å². The smallest absolute Gasteiger partial charge is 0.339 e. The van der Waals surface area contributed by atoms with Gasteiger partial charge in [0.15, 0.2) is 12.6 Å². The molecule has 0 spiro atoms. The fourth-order valence-electron chi connectivity index (χ4n) is 2.37. The standard InChI is InChI=1S/C19H20O6/c1-12(24-3)14-9-15(17(20)13-7-5-4-6-8-13)18(25-11-23-2)16(10-14)19(21)22/h4-10,12H,11H2,1-3H3,(H,21,22). The second-order valence-electron chi connectivity index (χ2n) is 5.37. The number of carboxylic acids is 1. The fourth-order valence-corrected chi connectivity index (χ4v) is 2.37. The number of carbonyl (C=O) groups is 2. The number of ether oxygens (including phenoxy) is 3. The second kappa shape index (κ2) is 8.41. The first-order valence-electron chi connectivity index (χ1n) is 7.65. The van der Waals surface area contributed by atoms with Gasteiger partial charge in [-0.3, -0.25) is 4.79 Å². The summed E-state index contributed by atoms with van der Waals surface area (Å²) in [6, 6.07) is 11.6. The molecule has 0 aliphatic rings. The predicted molar refractivity (Wildman–Crippen MR) is 91.2 cm³/mol. The Bertz CT molecular complexity index is 754. The summed E-state index contributed by atoms with van der Waals surface area (Å²) in [7, 11) is 2.93. The molecule has 1 atom stereocenters. The van der Waals surface area contributed by atoms with Gasteiger partial charge in [-0.1, -0.05) is 30.3 Å². The van der Waals surface area contributed by atoms with E-state index in [0.29, 0.717) is 11.1 Å². The summed E-state index contributed by atoms with van der Waals surface area (Å²) < 4.78 is 15.6. The SMILES string of the molecule is COCOc1c(C(=O)O)cc(C(C)OC)cc1C(=O)c1ccccc1. The Morgan fingerprint density at radius 2 is 1.72 bits per heavy atom. The maximum Gasteiger partial charge on any atom is 0.339 e. The molecule has 2 aromatic carbocycles. The number of hydrogen-bond acceptors (Lipinski definition) is 5. The van der Waals surface area contributed by atoms with Crippen LogP contribution >= 0.6 is 0 Å². The van der Waals surface area contributed by atoms with Crippen LogP contribution in [0.2, 0.25) is 0 Å². The molecule has 1 unspecified atom stereocenters. The predicted octanol–water partition coefficient (Wildman–Crippen LogP) is 3.31. The van der Waals surface area contributed by atoms with Gasteiger partial charge in [0.1, 0.15) is 11.3 Å². The summed E-state index contributed by atoms with van der Waals surface area (Å²) in [5.74, 6) is -1.55. The van der Waals surface area contributed by atoms with Gasteiger partial charge < -0.3 is 19.3 Å². The first-order valence-corrected chi connectivity index (χ1v) is 7.65. The van der Waals surface area contributed by atoms with Gasteiger partial charge in [0.25, 0.3) is 0 Å². The molecule has 0 fully saturated rings. The number of rotatable bonds is 8. The Kier molecular flexibility index (Phi) is 6.27. The largest absolute Gasteiger partial charge is 0.478 e. The summed E-state index contributed by atoms with van der Waals surface area (Å²) in [4.78, 5) is 24.6. The van der Waals surface area contributed by atoms with Crippen LogP contribution in [0.1, 0.15) is 44.9 Å². The van der Waals surface area contributed by atoms with Crippen molar-refractivity contribution in [1.29, 1.82) is 0 Å². The van der Waals surface area contributed by atoms with E-state index in [9.17, 15) is 14.7 Å². The van der Waals surface area contributed by atoms with Crippen LogP contribution in [0.3, 0.4) is 0 Å². The van der Waals surface area contributed by atoms with E-state index in [4.69, 9.17) is 14.2 Å². The molecule has 0 radical (unpaired) electrons. The number of methoxy groups -OCH3 is 2. The van der Waals surface area contributed by atoms with E-state index in [2.05, 4.69) is 0 Å². The van der Waals surface area contributed by atoms with Crippen molar-refractivity contribution < 1.29 is 28.9 Å². The third kappa shape index (κ3) is 4.23. The van der Waals surface area contributed by atoms with Crippen LogP contribution in [0.4, 0.5) is 0 Å². The highest BCUT2D eigenvalue weighted by Gasteiger charge is 2.24. The van der Waals surface area contributed by atoms with Crippen LogP contribution in [0.25, 0.3) is 0 Å². The fraction of sp³-hybridized carbons (Fsp3) is 0.263. The van der Waals surface area contributed by atoms with Crippen LogP contribution in [0.15, 0.2) is 42.5 Å². The van der Waals surface area contributed by atoms with E-state index < -0.39 is 5.97 Å². The van der Waals surface area contributed by atoms with E-state index in [0.717, 1.165) is 0 Å². The molecule has 0 aromatic heterocycles. The van der Waals surface area contributed by atoms with Crippen molar-refractivity contribution in [3.8, 4) is 5.75 Å². The number of hydrogen-bond donors (Lipinski definition) is 1.